The van der Waals surface area contributed by atoms with Gasteiger partial charge in [-0.15, -0.1) is 11.6 Å². The second kappa shape index (κ2) is 5.06. The van der Waals surface area contributed by atoms with Crippen LogP contribution < -0.4 is 0 Å². The highest BCUT2D eigenvalue weighted by molar-refractivity contribution is 6.21. The number of hydrogen-bond acceptors (Lipinski definition) is 3. The van der Waals surface area contributed by atoms with Crippen molar-refractivity contribution >= 4 is 17.5 Å². The summed E-state index contributed by atoms with van der Waals surface area (Å²) in [6, 6.07) is 4.09. The Labute approximate surface area is 111 Å². The summed E-state index contributed by atoms with van der Waals surface area (Å²) < 4.78 is 0. The minimum absolute atomic E-state index is 0.164. The number of phenols is 2. The van der Waals surface area contributed by atoms with E-state index >= 15 is 0 Å². The number of amides is 1. The van der Waals surface area contributed by atoms with Crippen molar-refractivity contribution < 1.29 is 15.0 Å². The number of hydrogen-bond donors (Lipinski definition) is 2. The topological polar surface area (TPSA) is 60.8 Å². The van der Waals surface area contributed by atoms with Crippen molar-refractivity contribution in [3.8, 4) is 11.5 Å². The molecule has 0 saturated heterocycles. The Hall–Kier alpha value is -1.42. The van der Waals surface area contributed by atoms with E-state index in [9.17, 15) is 15.0 Å². The summed E-state index contributed by atoms with van der Waals surface area (Å²) in [5.41, 5.74) is 0.370. The molecular formula is C13H16ClNO3. The Morgan fingerprint density at radius 3 is 2.61 bits per heavy atom. The molecule has 1 aliphatic rings. The molecule has 1 aromatic carbocycles. The maximum Gasteiger partial charge on any atom is 0.253 e. The molecule has 0 aliphatic heterocycles. The summed E-state index contributed by atoms with van der Waals surface area (Å²) in [4.78, 5) is 13.7. The van der Waals surface area contributed by atoms with Gasteiger partial charge in [-0.3, -0.25) is 4.79 Å². The fourth-order valence-corrected chi connectivity index (χ4v) is 2.65. The van der Waals surface area contributed by atoms with Crippen molar-refractivity contribution in [2.45, 2.75) is 18.2 Å². The van der Waals surface area contributed by atoms with Gasteiger partial charge in [-0.25, -0.2) is 0 Å². The fraction of sp³-hybridized carbons (Fsp3) is 0.462. The zero-order valence-corrected chi connectivity index (χ0v) is 10.9. The molecule has 0 radical (unpaired) electrons. The molecule has 1 saturated carbocycles. The second-order valence-corrected chi connectivity index (χ2v) is 5.44. The van der Waals surface area contributed by atoms with Crippen molar-refractivity contribution in [1.82, 2.24) is 4.90 Å². The zero-order chi connectivity index (χ0) is 13.3. The van der Waals surface area contributed by atoms with Crippen molar-refractivity contribution in [3.63, 3.8) is 0 Å². The Kier molecular flexibility index (Phi) is 3.66. The van der Waals surface area contributed by atoms with Crippen LogP contribution in [0.4, 0.5) is 0 Å². The highest BCUT2D eigenvalue weighted by Crippen LogP contribution is 2.32. The predicted molar refractivity (Wildman–Crippen MR) is 69.1 cm³/mol. The van der Waals surface area contributed by atoms with E-state index in [1.165, 1.54) is 18.2 Å². The molecular weight excluding hydrogens is 254 g/mol. The summed E-state index contributed by atoms with van der Waals surface area (Å²) in [7, 11) is 1.73. The van der Waals surface area contributed by atoms with Crippen LogP contribution in [0.5, 0.6) is 11.5 Å². The number of phenolic OH excluding ortho intramolecular Hbond substituents is 2. The smallest absolute Gasteiger partial charge is 0.253 e. The van der Waals surface area contributed by atoms with Gasteiger partial charge in [0.15, 0.2) is 11.5 Å². The molecule has 98 valence electrons. The van der Waals surface area contributed by atoms with E-state index in [0.717, 1.165) is 12.8 Å². The van der Waals surface area contributed by atoms with Crippen molar-refractivity contribution in [2.75, 3.05) is 13.6 Å². The van der Waals surface area contributed by atoms with Crippen LogP contribution >= 0.6 is 11.6 Å². The maximum atomic E-state index is 12.1. The highest BCUT2D eigenvalue weighted by atomic mass is 35.5. The van der Waals surface area contributed by atoms with Gasteiger partial charge in [0.1, 0.15) is 0 Å². The quantitative estimate of drug-likeness (QED) is 0.653. The lowest BCUT2D eigenvalue weighted by atomic mass is 9.84. The van der Waals surface area contributed by atoms with Crippen molar-refractivity contribution in [2.24, 2.45) is 5.92 Å². The third-order valence-electron chi connectivity index (χ3n) is 3.28. The molecule has 0 unspecified atom stereocenters. The molecule has 1 fully saturated rings. The van der Waals surface area contributed by atoms with Crippen molar-refractivity contribution in [1.29, 1.82) is 0 Å². The monoisotopic (exact) mass is 269 g/mol. The van der Waals surface area contributed by atoms with E-state index in [1.807, 2.05) is 0 Å². The summed E-state index contributed by atoms with van der Waals surface area (Å²) in [5.74, 6) is -0.202. The minimum atomic E-state index is -0.279. The van der Waals surface area contributed by atoms with E-state index < -0.39 is 0 Å². The van der Waals surface area contributed by atoms with Crippen LogP contribution in [0, 0.1) is 5.92 Å². The second-order valence-electron chi connectivity index (χ2n) is 4.82. The molecule has 0 spiro atoms. The average molecular weight is 270 g/mol. The van der Waals surface area contributed by atoms with Gasteiger partial charge in [-0.2, -0.15) is 0 Å². The average Bonchev–Trinajstić information content (AvgIpc) is 2.29. The Bertz CT molecular complexity index is 458. The molecule has 5 heteroatoms. The fourth-order valence-electron chi connectivity index (χ4n) is 2.15. The van der Waals surface area contributed by atoms with Crippen LogP contribution in [0.1, 0.15) is 23.2 Å². The van der Waals surface area contributed by atoms with Crippen LogP contribution in [0.25, 0.3) is 0 Å². The third-order valence-corrected chi connectivity index (χ3v) is 3.64. The summed E-state index contributed by atoms with van der Waals surface area (Å²) in [6.07, 6.45) is 1.89. The van der Waals surface area contributed by atoms with Gasteiger partial charge in [-0.05, 0) is 37.0 Å². The molecule has 2 rings (SSSR count). The lowest BCUT2D eigenvalue weighted by molar-refractivity contribution is 0.0746. The van der Waals surface area contributed by atoms with E-state index in [0.29, 0.717) is 18.0 Å². The van der Waals surface area contributed by atoms with E-state index in [-0.39, 0.29) is 22.8 Å². The standard InChI is InChI=1S/C13H16ClNO3/c1-15(7-8-4-10(14)5-8)13(18)9-2-3-11(16)12(17)6-9/h2-3,6,8,10,16-17H,4-5,7H2,1H3. The first-order valence-electron chi connectivity index (χ1n) is 5.89. The molecule has 18 heavy (non-hydrogen) atoms. The van der Waals surface area contributed by atoms with Crippen LogP contribution in [0.3, 0.4) is 0 Å². The summed E-state index contributed by atoms with van der Waals surface area (Å²) in [5, 5.41) is 18.8. The Balaban J connectivity index is 1.99. The number of rotatable bonds is 3. The van der Waals surface area contributed by atoms with Gasteiger partial charge in [0.05, 0.1) is 0 Å². The maximum absolute atomic E-state index is 12.1. The van der Waals surface area contributed by atoms with Gasteiger partial charge in [0, 0.05) is 24.5 Å². The largest absolute Gasteiger partial charge is 0.504 e. The van der Waals surface area contributed by atoms with Gasteiger partial charge < -0.3 is 15.1 Å². The van der Waals surface area contributed by atoms with Gasteiger partial charge >= 0.3 is 0 Å². The number of benzene rings is 1. The van der Waals surface area contributed by atoms with Crippen LogP contribution in [-0.2, 0) is 0 Å². The molecule has 2 N–H and O–H groups in total. The van der Waals surface area contributed by atoms with Crippen molar-refractivity contribution in [3.05, 3.63) is 23.8 Å². The number of aromatic hydroxyl groups is 2. The molecule has 1 aliphatic carbocycles. The van der Waals surface area contributed by atoms with Crippen LogP contribution in [0.2, 0.25) is 0 Å². The number of nitrogens with zero attached hydrogens (tertiary/aromatic N) is 1. The van der Waals surface area contributed by atoms with Crippen LogP contribution in [0.15, 0.2) is 18.2 Å². The first-order chi connectivity index (χ1) is 8.47. The molecule has 0 bridgehead atoms. The zero-order valence-electron chi connectivity index (χ0n) is 10.1. The predicted octanol–water partition coefficient (Wildman–Crippen LogP) is 2.19. The molecule has 0 heterocycles. The van der Waals surface area contributed by atoms with E-state index in [1.54, 1.807) is 11.9 Å². The highest BCUT2D eigenvalue weighted by Gasteiger charge is 2.29. The third kappa shape index (κ3) is 2.70. The Morgan fingerprint density at radius 1 is 1.39 bits per heavy atom. The molecule has 0 aromatic heterocycles. The van der Waals surface area contributed by atoms with Crippen LogP contribution in [-0.4, -0.2) is 40.0 Å². The SMILES string of the molecule is CN(CC1CC(Cl)C1)C(=O)c1ccc(O)c(O)c1. The van der Waals surface area contributed by atoms with Gasteiger partial charge in [0.25, 0.3) is 5.91 Å². The minimum Gasteiger partial charge on any atom is -0.504 e. The normalized spacial score (nSPS) is 22.3. The number of alkyl halides is 1. The summed E-state index contributed by atoms with van der Waals surface area (Å²) in [6.45, 7) is 0.670. The first kappa shape index (κ1) is 13.0. The molecule has 1 aromatic rings. The molecule has 0 atom stereocenters. The van der Waals surface area contributed by atoms with Gasteiger partial charge in [0.2, 0.25) is 0 Å². The van der Waals surface area contributed by atoms with E-state index in [2.05, 4.69) is 0 Å². The molecule has 4 nitrogen and oxygen atoms in total. The lowest BCUT2D eigenvalue weighted by Gasteiger charge is -2.34. The number of carbonyl (C=O) groups excluding carboxylic acids is 1. The lowest BCUT2D eigenvalue weighted by Crippen LogP contribution is -2.37. The first-order valence-corrected chi connectivity index (χ1v) is 6.32. The number of carbonyl (C=O) groups is 1. The van der Waals surface area contributed by atoms with Gasteiger partial charge in [-0.1, -0.05) is 0 Å². The Morgan fingerprint density at radius 2 is 2.06 bits per heavy atom. The van der Waals surface area contributed by atoms with E-state index in [4.69, 9.17) is 11.6 Å². The number of halogens is 1. The summed E-state index contributed by atoms with van der Waals surface area (Å²) >= 11 is 5.90. The molecule has 1 amide bonds.